The van der Waals surface area contributed by atoms with Crippen molar-refractivity contribution < 1.29 is 9.90 Å². The molecule has 0 aromatic carbocycles. The van der Waals surface area contributed by atoms with E-state index in [0.717, 1.165) is 25.7 Å². The molecule has 0 aliphatic carbocycles. The van der Waals surface area contributed by atoms with Crippen LogP contribution in [0.1, 0.15) is 155 Å². The van der Waals surface area contributed by atoms with Crippen LogP contribution >= 0.6 is 0 Å². The highest BCUT2D eigenvalue weighted by Crippen LogP contribution is 2.16. The van der Waals surface area contributed by atoms with Crippen molar-refractivity contribution in [3.63, 3.8) is 0 Å². The quantitative estimate of drug-likeness (QED) is 0.135. The molecule has 2 heteroatoms. The van der Waals surface area contributed by atoms with Crippen LogP contribution in [0.2, 0.25) is 0 Å². The third kappa shape index (κ3) is 21.7. The van der Waals surface area contributed by atoms with Crippen molar-refractivity contribution in [2.45, 2.75) is 155 Å². The Hall–Kier alpha value is -0.790. The lowest BCUT2D eigenvalue weighted by Crippen LogP contribution is -2.00. The Bertz CT molecular complexity index is 373. The molecule has 172 valence electrons. The number of rotatable bonds is 23. The SMILES string of the molecule is CCCCCCCCCCCC/C=C(/CCCCCCCCCCCC)C(=O)O. The summed E-state index contributed by atoms with van der Waals surface area (Å²) in [5.41, 5.74) is 0.653. The van der Waals surface area contributed by atoms with Crippen molar-refractivity contribution in [3.05, 3.63) is 11.6 Å². The van der Waals surface area contributed by atoms with Crippen LogP contribution in [0.3, 0.4) is 0 Å². The van der Waals surface area contributed by atoms with Crippen LogP contribution in [0.4, 0.5) is 0 Å². The Balaban J connectivity index is 3.56. The number of aliphatic carboxylic acids is 1. The van der Waals surface area contributed by atoms with Crippen molar-refractivity contribution >= 4 is 5.97 Å². The van der Waals surface area contributed by atoms with Gasteiger partial charge >= 0.3 is 5.97 Å². The summed E-state index contributed by atoms with van der Waals surface area (Å²) in [7, 11) is 0. The van der Waals surface area contributed by atoms with Crippen LogP contribution in [0.15, 0.2) is 11.6 Å². The van der Waals surface area contributed by atoms with Gasteiger partial charge in [0.25, 0.3) is 0 Å². The van der Waals surface area contributed by atoms with Crippen molar-refractivity contribution in [2.75, 3.05) is 0 Å². The first-order valence-corrected chi connectivity index (χ1v) is 13.1. The molecule has 29 heavy (non-hydrogen) atoms. The second-order valence-corrected chi connectivity index (χ2v) is 8.94. The molecule has 0 atom stereocenters. The monoisotopic (exact) mass is 408 g/mol. The molecule has 0 heterocycles. The molecule has 0 saturated heterocycles. The molecular weight excluding hydrogens is 356 g/mol. The van der Waals surface area contributed by atoms with Gasteiger partial charge in [-0.3, -0.25) is 0 Å². The van der Waals surface area contributed by atoms with E-state index in [2.05, 4.69) is 13.8 Å². The van der Waals surface area contributed by atoms with Gasteiger partial charge in [0, 0.05) is 5.57 Å². The maximum absolute atomic E-state index is 11.4. The molecule has 0 spiro atoms. The largest absolute Gasteiger partial charge is 0.478 e. The Morgan fingerprint density at radius 1 is 0.552 bits per heavy atom. The summed E-state index contributed by atoms with van der Waals surface area (Å²) in [4.78, 5) is 11.4. The minimum atomic E-state index is -0.701. The van der Waals surface area contributed by atoms with Gasteiger partial charge in [0.2, 0.25) is 0 Å². The molecule has 0 amide bonds. The van der Waals surface area contributed by atoms with Gasteiger partial charge in [0.15, 0.2) is 0 Å². The van der Waals surface area contributed by atoms with Crippen LogP contribution in [0, 0.1) is 0 Å². The Morgan fingerprint density at radius 3 is 1.28 bits per heavy atom. The highest BCUT2D eigenvalue weighted by molar-refractivity contribution is 5.86. The van der Waals surface area contributed by atoms with E-state index in [9.17, 15) is 9.90 Å². The molecular formula is C27H52O2. The molecule has 0 bridgehead atoms. The fourth-order valence-corrected chi connectivity index (χ4v) is 4.01. The number of unbranched alkanes of at least 4 members (excludes halogenated alkanes) is 19. The fourth-order valence-electron chi connectivity index (χ4n) is 4.01. The van der Waals surface area contributed by atoms with Gasteiger partial charge in [-0.15, -0.1) is 0 Å². The minimum Gasteiger partial charge on any atom is -0.478 e. The zero-order valence-electron chi connectivity index (χ0n) is 20.0. The average Bonchev–Trinajstić information content (AvgIpc) is 2.71. The second-order valence-electron chi connectivity index (χ2n) is 8.94. The highest BCUT2D eigenvalue weighted by atomic mass is 16.4. The number of carboxylic acid groups (broad SMARTS) is 1. The zero-order valence-corrected chi connectivity index (χ0v) is 20.0. The summed E-state index contributed by atoms with van der Waals surface area (Å²) in [6, 6.07) is 0. The first kappa shape index (κ1) is 28.2. The van der Waals surface area contributed by atoms with Gasteiger partial charge < -0.3 is 5.11 Å². The molecule has 0 aromatic heterocycles. The van der Waals surface area contributed by atoms with Gasteiger partial charge in [0.1, 0.15) is 0 Å². The van der Waals surface area contributed by atoms with Gasteiger partial charge in [-0.25, -0.2) is 4.79 Å². The van der Waals surface area contributed by atoms with Crippen molar-refractivity contribution in [1.82, 2.24) is 0 Å². The third-order valence-corrected chi connectivity index (χ3v) is 6.02. The minimum absolute atomic E-state index is 0.653. The maximum Gasteiger partial charge on any atom is 0.331 e. The number of hydrogen-bond acceptors (Lipinski definition) is 1. The first-order chi connectivity index (χ1) is 14.2. The van der Waals surface area contributed by atoms with E-state index < -0.39 is 5.97 Å². The lowest BCUT2D eigenvalue weighted by atomic mass is 10.0. The zero-order chi connectivity index (χ0) is 21.4. The molecule has 0 rings (SSSR count). The number of carboxylic acids is 1. The van der Waals surface area contributed by atoms with Gasteiger partial charge in [-0.2, -0.15) is 0 Å². The fraction of sp³-hybridized carbons (Fsp3) is 0.889. The number of allylic oxidation sites excluding steroid dienone is 1. The van der Waals surface area contributed by atoms with E-state index in [1.165, 1.54) is 116 Å². The summed E-state index contributed by atoms with van der Waals surface area (Å²) >= 11 is 0. The Kier molecular flexibility index (Phi) is 22.8. The topological polar surface area (TPSA) is 37.3 Å². The first-order valence-electron chi connectivity index (χ1n) is 13.1. The van der Waals surface area contributed by atoms with E-state index in [1.807, 2.05) is 6.08 Å². The third-order valence-electron chi connectivity index (χ3n) is 6.02. The van der Waals surface area contributed by atoms with E-state index >= 15 is 0 Å². The van der Waals surface area contributed by atoms with Crippen molar-refractivity contribution in [3.8, 4) is 0 Å². The Labute approximate surface area is 182 Å². The number of hydrogen-bond donors (Lipinski definition) is 1. The van der Waals surface area contributed by atoms with E-state index in [-0.39, 0.29) is 0 Å². The van der Waals surface area contributed by atoms with E-state index in [0.29, 0.717) is 5.57 Å². The lowest BCUT2D eigenvalue weighted by molar-refractivity contribution is -0.132. The lowest BCUT2D eigenvalue weighted by Gasteiger charge is -2.05. The van der Waals surface area contributed by atoms with Gasteiger partial charge in [-0.1, -0.05) is 135 Å². The van der Waals surface area contributed by atoms with Gasteiger partial charge in [0.05, 0.1) is 0 Å². The molecule has 0 fully saturated rings. The number of carbonyl (C=O) groups is 1. The highest BCUT2D eigenvalue weighted by Gasteiger charge is 2.06. The van der Waals surface area contributed by atoms with Crippen LogP contribution in [0.25, 0.3) is 0 Å². The average molecular weight is 409 g/mol. The molecule has 0 radical (unpaired) electrons. The molecule has 0 unspecified atom stereocenters. The van der Waals surface area contributed by atoms with E-state index in [1.54, 1.807) is 0 Å². The van der Waals surface area contributed by atoms with E-state index in [4.69, 9.17) is 0 Å². The molecule has 0 aliphatic rings. The predicted molar refractivity (Wildman–Crippen MR) is 129 cm³/mol. The van der Waals surface area contributed by atoms with Gasteiger partial charge in [-0.05, 0) is 25.7 Å². The summed E-state index contributed by atoms with van der Waals surface area (Å²) in [5, 5.41) is 9.41. The van der Waals surface area contributed by atoms with Crippen molar-refractivity contribution in [2.24, 2.45) is 0 Å². The summed E-state index contributed by atoms with van der Waals surface area (Å²) in [6.45, 7) is 4.53. The molecule has 0 aromatic rings. The van der Waals surface area contributed by atoms with Crippen LogP contribution in [-0.2, 0) is 4.79 Å². The van der Waals surface area contributed by atoms with Crippen LogP contribution in [-0.4, -0.2) is 11.1 Å². The maximum atomic E-state index is 11.4. The van der Waals surface area contributed by atoms with Crippen LogP contribution in [0.5, 0.6) is 0 Å². The summed E-state index contributed by atoms with van der Waals surface area (Å²) in [5.74, 6) is -0.701. The smallest absolute Gasteiger partial charge is 0.331 e. The second kappa shape index (κ2) is 23.5. The molecule has 1 N–H and O–H groups in total. The normalized spacial score (nSPS) is 11.9. The van der Waals surface area contributed by atoms with Crippen molar-refractivity contribution in [1.29, 1.82) is 0 Å². The summed E-state index contributed by atoms with van der Waals surface area (Å²) in [6.07, 6.45) is 30.0. The predicted octanol–water partition coefficient (Wildman–Crippen LogP) is 9.62. The van der Waals surface area contributed by atoms with Crippen LogP contribution < -0.4 is 0 Å². The molecule has 0 aliphatic heterocycles. The Morgan fingerprint density at radius 2 is 0.897 bits per heavy atom. The summed E-state index contributed by atoms with van der Waals surface area (Å²) < 4.78 is 0. The molecule has 2 nitrogen and oxygen atoms in total. The molecule has 0 saturated carbocycles. The standard InChI is InChI=1S/C27H52O2/c1-3-5-7-9-11-13-15-17-19-21-23-25-26(27(28)29)24-22-20-18-16-14-12-10-8-6-4-2/h25H,3-24H2,1-2H3,(H,28,29)/b26-25-.